The Morgan fingerprint density at radius 3 is 2.76 bits per heavy atom. The summed E-state index contributed by atoms with van der Waals surface area (Å²) in [5, 5.41) is 12.4. The molecule has 5 nitrogen and oxygen atoms in total. The summed E-state index contributed by atoms with van der Waals surface area (Å²) in [4.78, 5) is 12.1. The first-order valence-corrected chi connectivity index (χ1v) is 8.29. The molecule has 3 rings (SSSR count). The average Bonchev–Trinajstić information content (AvgIpc) is 3.22. The zero-order valence-electron chi connectivity index (χ0n) is 11.4. The van der Waals surface area contributed by atoms with E-state index in [1.807, 2.05) is 24.3 Å². The quantitative estimate of drug-likeness (QED) is 0.876. The van der Waals surface area contributed by atoms with Crippen LogP contribution in [0.4, 0.5) is 5.13 Å². The standard InChI is InChI=1S/C14H14BrN3O2S/c1-8(20-11-6-4-10(15)5-7-11)12(19)16-14-18-17-13(21-14)9-2-3-9/h4-9H,2-3H2,1H3,(H,16,18,19)/t8-/m0/s1. The summed E-state index contributed by atoms with van der Waals surface area (Å²) in [5.41, 5.74) is 0. The third-order valence-electron chi connectivity index (χ3n) is 3.09. The van der Waals surface area contributed by atoms with Crippen LogP contribution in [0.15, 0.2) is 28.7 Å². The lowest BCUT2D eigenvalue weighted by Gasteiger charge is -2.13. The maximum Gasteiger partial charge on any atom is 0.266 e. The minimum absolute atomic E-state index is 0.226. The predicted molar refractivity (Wildman–Crippen MR) is 84.7 cm³/mol. The van der Waals surface area contributed by atoms with Crippen LogP contribution in [-0.4, -0.2) is 22.2 Å². The summed E-state index contributed by atoms with van der Waals surface area (Å²) in [6.07, 6.45) is 1.75. The van der Waals surface area contributed by atoms with Crippen molar-refractivity contribution in [2.75, 3.05) is 5.32 Å². The fourth-order valence-corrected chi connectivity index (χ4v) is 2.94. The van der Waals surface area contributed by atoms with Gasteiger partial charge in [-0.1, -0.05) is 27.3 Å². The molecule has 0 bridgehead atoms. The Hall–Kier alpha value is -1.47. The smallest absolute Gasteiger partial charge is 0.266 e. The minimum Gasteiger partial charge on any atom is -0.481 e. The number of carbonyl (C=O) groups is 1. The van der Waals surface area contributed by atoms with Crippen LogP contribution in [0.1, 0.15) is 30.7 Å². The van der Waals surface area contributed by atoms with Crippen LogP contribution in [0.3, 0.4) is 0 Å². The number of hydrogen-bond acceptors (Lipinski definition) is 5. The molecule has 1 aromatic heterocycles. The van der Waals surface area contributed by atoms with E-state index < -0.39 is 6.10 Å². The largest absolute Gasteiger partial charge is 0.481 e. The molecular weight excluding hydrogens is 354 g/mol. The summed E-state index contributed by atoms with van der Waals surface area (Å²) in [7, 11) is 0. The molecule has 1 aliphatic rings. The highest BCUT2D eigenvalue weighted by atomic mass is 79.9. The van der Waals surface area contributed by atoms with Gasteiger partial charge in [0.2, 0.25) is 5.13 Å². The number of halogens is 1. The number of anilines is 1. The van der Waals surface area contributed by atoms with E-state index in [0.29, 0.717) is 16.8 Å². The van der Waals surface area contributed by atoms with E-state index in [1.54, 1.807) is 6.92 Å². The first-order chi connectivity index (χ1) is 10.1. The predicted octanol–water partition coefficient (Wildman–Crippen LogP) is 3.58. The van der Waals surface area contributed by atoms with Crippen molar-refractivity contribution in [3.8, 4) is 5.75 Å². The SMILES string of the molecule is C[C@H](Oc1ccc(Br)cc1)C(=O)Nc1nnc(C2CC2)s1. The van der Waals surface area contributed by atoms with Crippen molar-refractivity contribution >= 4 is 38.3 Å². The van der Waals surface area contributed by atoms with Gasteiger partial charge in [-0.3, -0.25) is 10.1 Å². The molecule has 1 amide bonds. The van der Waals surface area contributed by atoms with Crippen LogP contribution in [0, 0.1) is 0 Å². The van der Waals surface area contributed by atoms with Crippen LogP contribution in [-0.2, 0) is 4.79 Å². The van der Waals surface area contributed by atoms with Gasteiger partial charge in [0.05, 0.1) is 0 Å². The van der Waals surface area contributed by atoms with Crippen molar-refractivity contribution in [1.82, 2.24) is 10.2 Å². The van der Waals surface area contributed by atoms with Crippen molar-refractivity contribution in [3.63, 3.8) is 0 Å². The highest BCUT2D eigenvalue weighted by Gasteiger charge is 2.28. The van der Waals surface area contributed by atoms with Gasteiger partial charge in [0.1, 0.15) is 10.8 Å². The number of amides is 1. The number of nitrogens with one attached hydrogen (secondary N) is 1. The first-order valence-electron chi connectivity index (χ1n) is 6.68. The third-order valence-corrected chi connectivity index (χ3v) is 4.62. The van der Waals surface area contributed by atoms with Crippen molar-refractivity contribution in [2.45, 2.75) is 31.8 Å². The van der Waals surface area contributed by atoms with Gasteiger partial charge in [-0.2, -0.15) is 0 Å². The van der Waals surface area contributed by atoms with Crippen molar-refractivity contribution in [1.29, 1.82) is 0 Å². The molecule has 0 unspecified atom stereocenters. The van der Waals surface area contributed by atoms with Crippen LogP contribution >= 0.6 is 27.3 Å². The maximum absolute atomic E-state index is 12.1. The highest BCUT2D eigenvalue weighted by molar-refractivity contribution is 9.10. The number of ether oxygens (including phenoxy) is 1. The normalized spacial score (nSPS) is 15.5. The van der Waals surface area contributed by atoms with Gasteiger partial charge in [-0.15, -0.1) is 10.2 Å². The average molecular weight is 368 g/mol. The molecule has 1 saturated carbocycles. The summed E-state index contributed by atoms with van der Waals surface area (Å²) in [5.74, 6) is 0.970. The number of aromatic nitrogens is 2. The minimum atomic E-state index is -0.598. The highest BCUT2D eigenvalue weighted by Crippen LogP contribution is 2.42. The van der Waals surface area contributed by atoms with E-state index in [0.717, 1.165) is 9.48 Å². The molecule has 0 aliphatic heterocycles. The van der Waals surface area contributed by atoms with Crippen LogP contribution in [0.5, 0.6) is 5.75 Å². The Balaban J connectivity index is 1.57. The Morgan fingerprint density at radius 1 is 1.38 bits per heavy atom. The lowest BCUT2D eigenvalue weighted by molar-refractivity contribution is -0.122. The van der Waals surface area contributed by atoms with E-state index in [9.17, 15) is 4.79 Å². The fraction of sp³-hybridized carbons (Fsp3) is 0.357. The van der Waals surface area contributed by atoms with Crippen molar-refractivity contribution < 1.29 is 9.53 Å². The van der Waals surface area contributed by atoms with Crippen LogP contribution < -0.4 is 10.1 Å². The van der Waals surface area contributed by atoms with E-state index in [-0.39, 0.29) is 5.91 Å². The molecule has 110 valence electrons. The molecule has 1 fully saturated rings. The van der Waals surface area contributed by atoms with Gasteiger partial charge >= 0.3 is 0 Å². The van der Waals surface area contributed by atoms with Gasteiger partial charge in [-0.05, 0) is 44.0 Å². The van der Waals surface area contributed by atoms with E-state index in [2.05, 4.69) is 31.4 Å². The lowest BCUT2D eigenvalue weighted by atomic mass is 10.3. The second kappa shape index (κ2) is 6.11. The molecule has 1 heterocycles. The first kappa shape index (κ1) is 14.5. The molecule has 2 aromatic rings. The number of nitrogens with zero attached hydrogens (tertiary/aromatic N) is 2. The molecule has 1 atom stereocenters. The molecule has 0 saturated heterocycles. The van der Waals surface area contributed by atoms with Crippen molar-refractivity contribution in [3.05, 3.63) is 33.7 Å². The molecule has 1 N–H and O–H groups in total. The van der Waals surface area contributed by atoms with Gasteiger partial charge < -0.3 is 4.74 Å². The lowest BCUT2D eigenvalue weighted by Crippen LogP contribution is -2.30. The zero-order chi connectivity index (χ0) is 14.8. The molecule has 1 aromatic carbocycles. The number of carbonyl (C=O) groups excluding carboxylic acids is 1. The molecule has 7 heteroatoms. The Kier molecular flexibility index (Phi) is 4.21. The Morgan fingerprint density at radius 2 is 2.10 bits per heavy atom. The van der Waals surface area contributed by atoms with Crippen LogP contribution in [0.25, 0.3) is 0 Å². The molecule has 0 radical (unpaired) electrons. The van der Waals surface area contributed by atoms with Crippen LogP contribution in [0.2, 0.25) is 0 Å². The number of hydrogen-bond donors (Lipinski definition) is 1. The summed E-state index contributed by atoms with van der Waals surface area (Å²) >= 11 is 4.80. The number of benzene rings is 1. The fourth-order valence-electron chi connectivity index (χ4n) is 1.76. The topological polar surface area (TPSA) is 64.1 Å². The summed E-state index contributed by atoms with van der Waals surface area (Å²) in [6.45, 7) is 1.71. The molecule has 21 heavy (non-hydrogen) atoms. The van der Waals surface area contributed by atoms with Gasteiger partial charge in [0.15, 0.2) is 6.10 Å². The molecule has 0 spiro atoms. The second-order valence-electron chi connectivity index (χ2n) is 4.92. The van der Waals surface area contributed by atoms with E-state index in [1.165, 1.54) is 24.2 Å². The Bertz CT molecular complexity index is 640. The maximum atomic E-state index is 12.1. The Labute approximate surface area is 134 Å². The van der Waals surface area contributed by atoms with E-state index >= 15 is 0 Å². The van der Waals surface area contributed by atoms with E-state index in [4.69, 9.17) is 4.74 Å². The summed E-state index contributed by atoms with van der Waals surface area (Å²) in [6, 6.07) is 7.35. The van der Waals surface area contributed by atoms with Gasteiger partial charge in [-0.25, -0.2) is 0 Å². The van der Waals surface area contributed by atoms with Gasteiger partial charge in [0.25, 0.3) is 5.91 Å². The zero-order valence-corrected chi connectivity index (χ0v) is 13.8. The summed E-state index contributed by atoms with van der Waals surface area (Å²) < 4.78 is 6.56. The second-order valence-corrected chi connectivity index (χ2v) is 6.85. The molecular formula is C14H14BrN3O2S. The number of rotatable bonds is 5. The van der Waals surface area contributed by atoms with Gasteiger partial charge in [0, 0.05) is 10.4 Å². The third kappa shape index (κ3) is 3.79. The van der Waals surface area contributed by atoms with Crippen molar-refractivity contribution in [2.24, 2.45) is 0 Å². The monoisotopic (exact) mass is 367 g/mol. The molecule has 1 aliphatic carbocycles.